The molecule has 0 fully saturated rings. The first-order valence-electron chi connectivity index (χ1n) is 5.71. The van der Waals surface area contributed by atoms with Gasteiger partial charge in [0.05, 0.1) is 5.02 Å². The Morgan fingerprint density at radius 3 is 2.32 bits per heavy atom. The number of hydrogen-bond acceptors (Lipinski definition) is 3. The summed E-state index contributed by atoms with van der Waals surface area (Å²) in [5.74, 6) is 0. The summed E-state index contributed by atoms with van der Waals surface area (Å²) in [7, 11) is -3.78. The van der Waals surface area contributed by atoms with Gasteiger partial charge in [0.2, 0.25) is 10.0 Å². The maximum absolute atomic E-state index is 12.4. The standard InChI is InChI=1S/C12H18Cl2N2O2S/c1-7-5-9(13)8(2)11(10(7)14)19(17,18)16-12(3,4)6-15/h5,16H,6,15H2,1-4H3. The maximum atomic E-state index is 12.4. The van der Waals surface area contributed by atoms with Gasteiger partial charge in [-0.1, -0.05) is 23.2 Å². The van der Waals surface area contributed by atoms with Crippen molar-refractivity contribution < 1.29 is 8.42 Å². The Labute approximate surface area is 124 Å². The van der Waals surface area contributed by atoms with Gasteiger partial charge in [0.1, 0.15) is 4.90 Å². The molecule has 108 valence electrons. The molecule has 1 aromatic rings. The van der Waals surface area contributed by atoms with Crippen LogP contribution in [0.4, 0.5) is 0 Å². The Balaban J connectivity index is 3.46. The molecule has 0 aliphatic rings. The van der Waals surface area contributed by atoms with Crippen LogP contribution in [0, 0.1) is 13.8 Å². The van der Waals surface area contributed by atoms with Crippen LogP contribution in [0.1, 0.15) is 25.0 Å². The number of nitrogens with two attached hydrogens (primary N) is 1. The second-order valence-electron chi connectivity index (χ2n) is 5.14. The Bertz CT molecular complexity index is 572. The molecule has 4 nitrogen and oxygen atoms in total. The number of sulfonamides is 1. The molecule has 0 saturated heterocycles. The summed E-state index contributed by atoms with van der Waals surface area (Å²) in [5, 5.41) is 0.551. The van der Waals surface area contributed by atoms with Crippen molar-refractivity contribution in [2.45, 2.75) is 38.1 Å². The molecule has 0 spiro atoms. The predicted octanol–water partition coefficient (Wildman–Crippen LogP) is 2.63. The molecule has 1 aromatic carbocycles. The average molecular weight is 325 g/mol. The zero-order chi connectivity index (χ0) is 15.0. The van der Waals surface area contributed by atoms with Crippen LogP contribution < -0.4 is 10.5 Å². The van der Waals surface area contributed by atoms with E-state index >= 15 is 0 Å². The molecule has 0 aliphatic heterocycles. The number of nitrogens with one attached hydrogen (secondary N) is 1. The van der Waals surface area contributed by atoms with Gasteiger partial charge in [-0.15, -0.1) is 0 Å². The molecule has 0 radical (unpaired) electrons. The highest BCUT2D eigenvalue weighted by atomic mass is 35.5. The van der Waals surface area contributed by atoms with Crippen molar-refractivity contribution in [3.63, 3.8) is 0 Å². The molecule has 0 unspecified atom stereocenters. The van der Waals surface area contributed by atoms with Gasteiger partial charge in [-0.3, -0.25) is 0 Å². The molecule has 0 heterocycles. The Hall–Kier alpha value is -0.330. The topological polar surface area (TPSA) is 72.2 Å². The summed E-state index contributed by atoms with van der Waals surface area (Å²) >= 11 is 12.1. The molecule has 0 bridgehead atoms. The van der Waals surface area contributed by atoms with E-state index in [4.69, 9.17) is 28.9 Å². The average Bonchev–Trinajstić information content (AvgIpc) is 2.25. The normalized spacial score (nSPS) is 12.8. The molecule has 0 amide bonds. The van der Waals surface area contributed by atoms with Gasteiger partial charge < -0.3 is 5.73 Å². The molecular formula is C12H18Cl2N2O2S. The maximum Gasteiger partial charge on any atom is 0.242 e. The van der Waals surface area contributed by atoms with Crippen molar-refractivity contribution in [2.75, 3.05) is 6.54 Å². The highest BCUT2D eigenvalue weighted by molar-refractivity contribution is 7.89. The molecule has 0 aliphatic carbocycles. The van der Waals surface area contributed by atoms with Crippen molar-refractivity contribution in [3.8, 4) is 0 Å². The number of aryl methyl sites for hydroxylation is 1. The summed E-state index contributed by atoms with van der Waals surface area (Å²) < 4.78 is 27.4. The third-order valence-corrected chi connectivity index (χ3v) is 5.64. The predicted molar refractivity (Wildman–Crippen MR) is 79.4 cm³/mol. The van der Waals surface area contributed by atoms with E-state index in [0.717, 1.165) is 0 Å². The van der Waals surface area contributed by atoms with Crippen molar-refractivity contribution in [1.82, 2.24) is 4.72 Å². The fourth-order valence-electron chi connectivity index (χ4n) is 1.59. The lowest BCUT2D eigenvalue weighted by Gasteiger charge is -2.25. The minimum atomic E-state index is -3.78. The highest BCUT2D eigenvalue weighted by Gasteiger charge is 2.29. The summed E-state index contributed by atoms with van der Waals surface area (Å²) in [6.45, 7) is 6.90. The Morgan fingerprint density at radius 2 is 1.84 bits per heavy atom. The van der Waals surface area contributed by atoms with Gasteiger partial charge in [0.25, 0.3) is 0 Å². The van der Waals surface area contributed by atoms with Gasteiger partial charge >= 0.3 is 0 Å². The van der Waals surface area contributed by atoms with Crippen LogP contribution in [0.2, 0.25) is 10.0 Å². The largest absolute Gasteiger partial charge is 0.329 e. The fraction of sp³-hybridized carbons (Fsp3) is 0.500. The first-order valence-corrected chi connectivity index (χ1v) is 7.95. The van der Waals surface area contributed by atoms with Gasteiger partial charge in [-0.05, 0) is 44.9 Å². The van der Waals surface area contributed by atoms with Crippen molar-refractivity contribution >= 4 is 33.2 Å². The van der Waals surface area contributed by atoms with E-state index in [0.29, 0.717) is 16.1 Å². The SMILES string of the molecule is Cc1cc(Cl)c(C)c(S(=O)(=O)NC(C)(C)CN)c1Cl. The number of hydrogen-bond donors (Lipinski definition) is 2. The van der Waals surface area contributed by atoms with Gasteiger partial charge in [0, 0.05) is 17.1 Å². The third kappa shape index (κ3) is 3.61. The lowest BCUT2D eigenvalue weighted by molar-refractivity contribution is 0.462. The summed E-state index contributed by atoms with van der Waals surface area (Å²) in [6, 6.07) is 1.65. The van der Waals surface area contributed by atoms with E-state index in [1.807, 2.05) is 0 Å². The van der Waals surface area contributed by atoms with Crippen LogP contribution in [0.15, 0.2) is 11.0 Å². The Kier molecular flexibility index (Phi) is 4.91. The zero-order valence-corrected chi connectivity index (χ0v) is 13.7. The second-order valence-corrected chi connectivity index (χ2v) is 7.54. The van der Waals surface area contributed by atoms with Gasteiger partial charge in [-0.2, -0.15) is 0 Å². The van der Waals surface area contributed by atoms with Crippen LogP contribution in [0.25, 0.3) is 0 Å². The van der Waals surface area contributed by atoms with E-state index in [-0.39, 0.29) is 16.5 Å². The molecule has 0 atom stereocenters. The number of rotatable bonds is 4. The van der Waals surface area contributed by atoms with Crippen molar-refractivity contribution in [3.05, 3.63) is 27.2 Å². The minimum Gasteiger partial charge on any atom is -0.329 e. The fourth-order valence-corrected chi connectivity index (χ4v) is 4.23. The van der Waals surface area contributed by atoms with Crippen molar-refractivity contribution in [2.24, 2.45) is 5.73 Å². The first kappa shape index (κ1) is 16.7. The molecule has 3 N–H and O–H groups in total. The molecule has 1 rings (SSSR count). The lowest BCUT2D eigenvalue weighted by atomic mass is 10.1. The van der Waals surface area contributed by atoms with E-state index < -0.39 is 15.6 Å². The molecule has 0 aromatic heterocycles. The quantitative estimate of drug-likeness (QED) is 0.894. The third-order valence-electron chi connectivity index (χ3n) is 2.78. The van der Waals surface area contributed by atoms with E-state index in [1.165, 1.54) is 0 Å². The lowest BCUT2D eigenvalue weighted by Crippen LogP contribution is -2.48. The van der Waals surface area contributed by atoms with Crippen LogP contribution in [0.3, 0.4) is 0 Å². The zero-order valence-electron chi connectivity index (χ0n) is 11.3. The van der Waals surface area contributed by atoms with Gasteiger partial charge in [0.15, 0.2) is 0 Å². The van der Waals surface area contributed by atoms with E-state index in [1.54, 1.807) is 33.8 Å². The monoisotopic (exact) mass is 324 g/mol. The molecule has 0 saturated carbocycles. The molecule has 7 heteroatoms. The number of halogens is 2. The smallest absolute Gasteiger partial charge is 0.242 e. The van der Waals surface area contributed by atoms with E-state index in [2.05, 4.69) is 4.72 Å². The molecular weight excluding hydrogens is 307 g/mol. The Morgan fingerprint density at radius 1 is 1.32 bits per heavy atom. The second kappa shape index (κ2) is 5.58. The summed E-state index contributed by atoms with van der Waals surface area (Å²) in [6.07, 6.45) is 0. The number of benzene rings is 1. The minimum absolute atomic E-state index is 0.0145. The highest BCUT2D eigenvalue weighted by Crippen LogP contribution is 2.33. The van der Waals surface area contributed by atoms with Crippen LogP contribution in [-0.2, 0) is 10.0 Å². The van der Waals surface area contributed by atoms with Crippen LogP contribution in [0.5, 0.6) is 0 Å². The summed E-state index contributed by atoms with van der Waals surface area (Å²) in [4.78, 5) is 0.0145. The first-order chi connectivity index (χ1) is 8.52. The van der Waals surface area contributed by atoms with Crippen LogP contribution in [-0.4, -0.2) is 20.5 Å². The van der Waals surface area contributed by atoms with Gasteiger partial charge in [-0.25, -0.2) is 13.1 Å². The molecule has 19 heavy (non-hydrogen) atoms. The summed E-state index contributed by atoms with van der Waals surface area (Å²) in [5.41, 5.74) is 5.82. The van der Waals surface area contributed by atoms with Crippen LogP contribution >= 0.6 is 23.2 Å². The van der Waals surface area contributed by atoms with E-state index in [9.17, 15) is 8.42 Å². The van der Waals surface area contributed by atoms with Crippen molar-refractivity contribution in [1.29, 1.82) is 0 Å².